The zero-order valence-corrected chi connectivity index (χ0v) is 18.5. The van der Waals surface area contributed by atoms with Crippen molar-refractivity contribution in [2.24, 2.45) is 0 Å². The molecule has 1 aromatic carbocycles. The first-order valence-electron chi connectivity index (χ1n) is 9.79. The van der Waals surface area contributed by atoms with Gasteiger partial charge in [0.1, 0.15) is 12.3 Å². The summed E-state index contributed by atoms with van der Waals surface area (Å²) in [7, 11) is 1.53. The highest BCUT2D eigenvalue weighted by Gasteiger charge is 2.39. The highest BCUT2D eigenvalue weighted by Crippen LogP contribution is 2.36. The number of hydrogen-bond acceptors (Lipinski definition) is 5. The van der Waals surface area contributed by atoms with Crippen molar-refractivity contribution in [2.75, 3.05) is 43.5 Å². The minimum Gasteiger partial charge on any atom is -0.495 e. The molecule has 1 N–H and O–H groups in total. The van der Waals surface area contributed by atoms with Gasteiger partial charge in [0.25, 0.3) is 0 Å². The van der Waals surface area contributed by atoms with Crippen LogP contribution in [0.15, 0.2) is 18.2 Å². The van der Waals surface area contributed by atoms with Crippen LogP contribution in [0.1, 0.15) is 18.3 Å². The molecule has 1 fully saturated rings. The summed E-state index contributed by atoms with van der Waals surface area (Å²) in [5.41, 5.74) is -0.692. The fraction of sp³-hybridized carbons (Fsp3) is 0.450. The number of piperazine rings is 1. The van der Waals surface area contributed by atoms with Crippen molar-refractivity contribution >= 4 is 34.8 Å². The molecule has 1 aliphatic heterocycles. The lowest BCUT2D eigenvalue weighted by Crippen LogP contribution is -2.49. The zero-order chi connectivity index (χ0) is 23.6. The van der Waals surface area contributed by atoms with Crippen molar-refractivity contribution in [3.05, 3.63) is 34.6 Å². The third-order valence-electron chi connectivity index (χ3n) is 5.19. The van der Waals surface area contributed by atoms with Crippen molar-refractivity contribution in [2.45, 2.75) is 26.6 Å². The van der Waals surface area contributed by atoms with Gasteiger partial charge in [-0.15, -0.1) is 0 Å². The van der Waals surface area contributed by atoms with E-state index >= 15 is 0 Å². The molecule has 174 valence electrons. The van der Waals surface area contributed by atoms with Crippen LogP contribution in [0.3, 0.4) is 0 Å². The molecule has 1 aliphatic rings. The number of aromatic nitrogens is 2. The number of hydrogen-bond donors (Lipinski definition) is 1. The highest BCUT2D eigenvalue weighted by atomic mass is 35.5. The van der Waals surface area contributed by atoms with E-state index in [1.807, 2.05) is 12.1 Å². The Morgan fingerprint density at radius 2 is 1.88 bits per heavy atom. The summed E-state index contributed by atoms with van der Waals surface area (Å²) < 4.78 is 46.2. The largest absolute Gasteiger partial charge is 0.495 e. The quantitative estimate of drug-likeness (QED) is 0.721. The Labute approximate surface area is 187 Å². The fourth-order valence-electron chi connectivity index (χ4n) is 3.51. The van der Waals surface area contributed by atoms with Gasteiger partial charge in [-0.25, -0.2) is 0 Å². The van der Waals surface area contributed by atoms with Crippen LogP contribution in [0.4, 0.5) is 24.5 Å². The normalized spacial score (nSPS) is 14.5. The number of anilines is 2. The molecule has 1 saturated heterocycles. The number of benzene rings is 1. The van der Waals surface area contributed by atoms with Crippen molar-refractivity contribution < 1.29 is 27.5 Å². The molecule has 0 spiro atoms. The van der Waals surface area contributed by atoms with Gasteiger partial charge in [0, 0.05) is 44.9 Å². The number of rotatable bonds is 5. The van der Waals surface area contributed by atoms with E-state index in [-0.39, 0.29) is 18.1 Å². The van der Waals surface area contributed by atoms with E-state index < -0.39 is 23.5 Å². The maximum Gasteiger partial charge on any atom is 0.437 e. The molecule has 0 atom stereocenters. The number of methoxy groups -OCH3 is 1. The van der Waals surface area contributed by atoms with Crippen LogP contribution in [-0.2, 0) is 22.3 Å². The summed E-state index contributed by atoms with van der Waals surface area (Å²) in [5, 5.41) is 6.21. The van der Waals surface area contributed by atoms with Crippen LogP contribution in [-0.4, -0.2) is 59.8 Å². The van der Waals surface area contributed by atoms with Crippen LogP contribution < -0.4 is 15.0 Å². The monoisotopic (exact) mass is 473 g/mol. The summed E-state index contributed by atoms with van der Waals surface area (Å²) in [4.78, 5) is 27.7. The molecule has 8 nitrogen and oxygen atoms in total. The van der Waals surface area contributed by atoms with Gasteiger partial charge in [-0.3, -0.25) is 14.3 Å². The van der Waals surface area contributed by atoms with Gasteiger partial charge >= 0.3 is 6.18 Å². The van der Waals surface area contributed by atoms with Gasteiger partial charge in [0.2, 0.25) is 11.8 Å². The minimum absolute atomic E-state index is 0.0628. The molecule has 1 aromatic heterocycles. The molecule has 2 aromatic rings. The number of carbonyl (C=O) groups is 2. The smallest absolute Gasteiger partial charge is 0.437 e. The second kappa shape index (κ2) is 9.27. The summed E-state index contributed by atoms with van der Waals surface area (Å²) in [6.45, 7) is 4.01. The lowest BCUT2D eigenvalue weighted by Gasteiger charge is -2.36. The van der Waals surface area contributed by atoms with E-state index in [4.69, 9.17) is 16.3 Å². The van der Waals surface area contributed by atoms with Crippen LogP contribution in [0.5, 0.6) is 5.75 Å². The van der Waals surface area contributed by atoms with Gasteiger partial charge in [-0.05, 0) is 19.1 Å². The number of halogens is 4. The maximum absolute atomic E-state index is 13.3. The Bertz CT molecular complexity index is 1020. The van der Waals surface area contributed by atoms with Crippen LogP contribution in [0.2, 0.25) is 5.02 Å². The molecule has 0 bridgehead atoms. The molecule has 0 saturated carbocycles. The second-order valence-electron chi connectivity index (χ2n) is 7.33. The van der Waals surface area contributed by atoms with E-state index in [9.17, 15) is 22.8 Å². The van der Waals surface area contributed by atoms with Crippen LogP contribution in [0.25, 0.3) is 0 Å². The maximum atomic E-state index is 13.3. The predicted molar refractivity (Wildman–Crippen MR) is 113 cm³/mol. The van der Waals surface area contributed by atoms with E-state index in [1.165, 1.54) is 14.0 Å². The first-order chi connectivity index (χ1) is 15.0. The summed E-state index contributed by atoms with van der Waals surface area (Å²) in [6, 6.07) is 5.41. The Kier molecular flexibility index (Phi) is 6.87. The summed E-state index contributed by atoms with van der Waals surface area (Å²) >= 11 is 6.06. The Balaban J connectivity index is 1.69. The van der Waals surface area contributed by atoms with E-state index in [0.717, 1.165) is 17.3 Å². The molecule has 2 amide bonds. The zero-order valence-electron chi connectivity index (χ0n) is 17.8. The topological polar surface area (TPSA) is 79.7 Å². The van der Waals surface area contributed by atoms with Gasteiger partial charge in [0.05, 0.1) is 23.5 Å². The van der Waals surface area contributed by atoms with Crippen LogP contribution in [0, 0.1) is 6.92 Å². The average Bonchev–Trinajstić information content (AvgIpc) is 3.04. The molecule has 0 aliphatic carbocycles. The molecular weight excluding hydrogens is 451 g/mol. The molecule has 32 heavy (non-hydrogen) atoms. The SMILES string of the molecule is COc1cc(N2CCN(C(=O)Cn3nc(C(F)(F)F)c(NC(C)=O)c3C)CC2)ccc1Cl. The standard InChI is InChI=1S/C20H23ClF3N5O3/c1-12-18(25-13(2)30)19(20(22,23)24)26-29(12)11-17(31)28-8-6-27(7-9-28)14-4-5-15(21)16(10-14)32-3/h4-5,10H,6-9,11H2,1-3H3,(H,25,30). The molecule has 3 rings (SSSR count). The molecular formula is C20H23ClF3N5O3. The summed E-state index contributed by atoms with van der Waals surface area (Å²) in [6.07, 6.45) is -4.76. The van der Waals surface area contributed by atoms with Crippen molar-refractivity contribution in [1.82, 2.24) is 14.7 Å². The van der Waals surface area contributed by atoms with E-state index in [2.05, 4.69) is 15.3 Å². The van der Waals surface area contributed by atoms with E-state index in [1.54, 1.807) is 11.0 Å². The van der Waals surface area contributed by atoms with Gasteiger partial charge < -0.3 is 19.9 Å². The minimum atomic E-state index is -4.76. The molecule has 0 unspecified atom stereocenters. The number of ether oxygens (including phenoxy) is 1. The van der Waals surface area contributed by atoms with E-state index in [0.29, 0.717) is 37.0 Å². The Morgan fingerprint density at radius 1 is 1.22 bits per heavy atom. The molecule has 2 heterocycles. The summed E-state index contributed by atoms with van der Waals surface area (Å²) in [5.74, 6) is -0.460. The fourth-order valence-corrected chi connectivity index (χ4v) is 3.71. The third-order valence-corrected chi connectivity index (χ3v) is 5.51. The van der Waals surface area contributed by atoms with Crippen molar-refractivity contribution in [3.8, 4) is 5.75 Å². The lowest BCUT2D eigenvalue weighted by atomic mass is 10.2. The molecule has 12 heteroatoms. The predicted octanol–water partition coefficient (Wildman–Crippen LogP) is 3.18. The first kappa shape index (κ1) is 23.7. The lowest BCUT2D eigenvalue weighted by molar-refractivity contribution is -0.141. The highest BCUT2D eigenvalue weighted by molar-refractivity contribution is 6.32. The van der Waals surface area contributed by atoms with Gasteiger partial charge in [-0.2, -0.15) is 18.3 Å². The number of carbonyl (C=O) groups excluding carboxylic acids is 2. The first-order valence-corrected chi connectivity index (χ1v) is 10.2. The number of amides is 2. The Morgan fingerprint density at radius 3 is 2.44 bits per heavy atom. The number of nitrogens with zero attached hydrogens (tertiary/aromatic N) is 4. The van der Waals surface area contributed by atoms with Gasteiger partial charge in [0.15, 0.2) is 5.69 Å². The number of nitrogens with one attached hydrogen (secondary N) is 1. The molecule has 0 radical (unpaired) electrons. The third kappa shape index (κ3) is 5.09. The number of alkyl halides is 3. The van der Waals surface area contributed by atoms with Crippen LogP contribution >= 0.6 is 11.6 Å². The van der Waals surface area contributed by atoms with Gasteiger partial charge in [-0.1, -0.05) is 11.6 Å². The van der Waals surface area contributed by atoms with Crippen molar-refractivity contribution in [1.29, 1.82) is 0 Å². The Hall–Kier alpha value is -2.95. The second-order valence-corrected chi connectivity index (χ2v) is 7.74. The average molecular weight is 474 g/mol. The van der Waals surface area contributed by atoms with Crippen molar-refractivity contribution in [3.63, 3.8) is 0 Å².